The Hall–Kier alpha value is -0.810. The Morgan fingerprint density at radius 1 is 0.667 bits per heavy atom. The van der Waals surface area contributed by atoms with Crippen LogP contribution in [0.4, 0.5) is 0 Å². The van der Waals surface area contributed by atoms with Crippen molar-refractivity contribution in [1.82, 2.24) is 5.32 Å². The fourth-order valence-corrected chi connectivity index (χ4v) is 6.12. The molecule has 0 aromatic carbocycles. The predicted octanol–water partition coefficient (Wildman–Crippen LogP) is 6.05. The average Bonchev–Trinajstić information content (AvgIpc) is 3.04. The second kappa shape index (κ2) is 28.2. The van der Waals surface area contributed by atoms with Gasteiger partial charge < -0.3 is 40.3 Å². The van der Waals surface area contributed by atoms with E-state index in [4.69, 9.17) is 9.47 Å². The average molecular weight is 646 g/mol. The van der Waals surface area contributed by atoms with Crippen molar-refractivity contribution < 1.29 is 39.8 Å². The molecule has 1 fully saturated rings. The number of rotatable bonds is 30. The molecular formula is C36H71NO8. The zero-order valence-electron chi connectivity index (χ0n) is 28.9. The number of carbonyl (C=O) groups excluding carboxylic acids is 1. The minimum absolute atomic E-state index is 0.144. The molecule has 0 spiro atoms. The van der Waals surface area contributed by atoms with Crippen LogP contribution < -0.4 is 5.32 Å². The van der Waals surface area contributed by atoms with Crippen molar-refractivity contribution in [2.75, 3.05) is 13.2 Å². The number of aliphatic hydroxyl groups excluding tert-OH is 5. The van der Waals surface area contributed by atoms with Crippen LogP contribution in [0, 0.1) is 0 Å². The molecular weight excluding hydrogens is 574 g/mol. The molecule has 0 aromatic rings. The zero-order valence-corrected chi connectivity index (χ0v) is 28.9. The number of ether oxygens (including phenoxy) is 2. The van der Waals surface area contributed by atoms with Crippen LogP contribution in [-0.4, -0.2) is 87.5 Å². The molecule has 1 saturated heterocycles. The van der Waals surface area contributed by atoms with Crippen molar-refractivity contribution in [3.8, 4) is 0 Å². The normalized spacial score (nSPS) is 23.2. The van der Waals surface area contributed by atoms with Crippen molar-refractivity contribution in [3.63, 3.8) is 0 Å². The summed E-state index contributed by atoms with van der Waals surface area (Å²) in [6.45, 7) is 3.30. The van der Waals surface area contributed by atoms with Gasteiger partial charge in [-0.25, -0.2) is 0 Å². The largest absolute Gasteiger partial charge is 0.394 e. The third-order valence-corrected chi connectivity index (χ3v) is 9.27. The second-order valence-electron chi connectivity index (χ2n) is 13.3. The molecule has 0 aromatic heterocycles. The number of unbranched alkanes of at least 4 members (excludes halogenated alkanes) is 21. The highest BCUT2D eigenvalue weighted by Gasteiger charge is 2.44. The van der Waals surface area contributed by atoms with Gasteiger partial charge in [0.15, 0.2) is 6.29 Å². The molecule has 6 N–H and O–H groups in total. The van der Waals surface area contributed by atoms with Crippen LogP contribution in [0.1, 0.15) is 168 Å². The van der Waals surface area contributed by atoms with Gasteiger partial charge in [0, 0.05) is 6.42 Å². The number of amides is 1. The molecule has 0 saturated carbocycles. The smallest absolute Gasteiger partial charge is 0.220 e. The summed E-state index contributed by atoms with van der Waals surface area (Å²) in [6, 6.07) is -0.709. The van der Waals surface area contributed by atoms with Crippen molar-refractivity contribution in [1.29, 1.82) is 0 Å². The van der Waals surface area contributed by atoms with Crippen LogP contribution in [0.3, 0.4) is 0 Å². The zero-order chi connectivity index (χ0) is 33.1. The highest BCUT2D eigenvalue weighted by atomic mass is 16.7. The van der Waals surface area contributed by atoms with Gasteiger partial charge in [-0.1, -0.05) is 155 Å². The van der Waals surface area contributed by atoms with Crippen molar-refractivity contribution in [3.05, 3.63) is 0 Å². The molecule has 45 heavy (non-hydrogen) atoms. The molecule has 9 heteroatoms. The van der Waals surface area contributed by atoms with Crippen molar-refractivity contribution in [2.45, 2.75) is 211 Å². The van der Waals surface area contributed by atoms with Crippen LogP contribution in [0.2, 0.25) is 0 Å². The van der Waals surface area contributed by atoms with E-state index in [1.165, 1.54) is 122 Å². The highest BCUT2D eigenvalue weighted by Crippen LogP contribution is 2.23. The second-order valence-corrected chi connectivity index (χ2v) is 13.3. The quantitative estimate of drug-likeness (QED) is 0.0517. The minimum Gasteiger partial charge on any atom is -0.394 e. The molecule has 1 aliphatic rings. The third kappa shape index (κ3) is 20.2. The maximum atomic E-state index is 12.0. The monoisotopic (exact) mass is 646 g/mol. The summed E-state index contributed by atoms with van der Waals surface area (Å²) >= 11 is 0. The molecule has 0 aliphatic carbocycles. The van der Waals surface area contributed by atoms with E-state index in [1.54, 1.807) is 6.92 Å². The Balaban J connectivity index is 2.04. The summed E-state index contributed by atoms with van der Waals surface area (Å²) in [4.78, 5) is 12.0. The minimum atomic E-state index is -1.54. The van der Waals surface area contributed by atoms with Gasteiger partial charge in [-0.05, 0) is 6.42 Å². The maximum Gasteiger partial charge on any atom is 0.220 e. The van der Waals surface area contributed by atoms with Crippen LogP contribution in [0.15, 0.2) is 0 Å². The highest BCUT2D eigenvalue weighted by molar-refractivity contribution is 5.75. The SMILES string of the molecule is CCCCCCCCCCCCCCCCCCCCCCCCC(O)C(COC1OC(CO)C(O)C(O)C1O)NC(=O)CC. The first kappa shape index (κ1) is 42.2. The fraction of sp³-hybridized carbons (Fsp3) is 0.972. The fourth-order valence-electron chi connectivity index (χ4n) is 6.12. The molecule has 9 nitrogen and oxygen atoms in total. The number of carbonyl (C=O) groups is 1. The van der Waals surface area contributed by atoms with Gasteiger partial charge in [0.1, 0.15) is 24.4 Å². The van der Waals surface area contributed by atoms with Crippen molar-refractivity contribution >= 4 is 5.91 Å². The van der Waals surface area contributed by atoms with E-state index in [2.05, 4.69) is 12.2 Å². The van der Waals surface area contributed by atoms with E-state index in [0.29, 0.717) is 6.42 Å². The van der Waals surface area contributed by atoms with E-state index >= 15 is 0 Å². The molecule has 1 heterocycles. The van der Waals surface area contributed by atoms with Crippen LogP contribution in [0.5, 0.6) is 0 Å². The molecule has 1 rings (SSSR count). The number of hydrogen-bond acceptors (Lipinski definition) is 8. The van der Waals surface area contributed by atoms with Crippen LogP contribution >= 0.6 is 0 Å². The maximum absolute atomic E-state index is 12.0. The molecule has 1 aliphatic heterocycles. The molecule has 0 radical (unpaired) electrons. The van der Waals surface area contributed by atoms with Gasteiger partial charge in [-0.15, -0.1) is 0 Å². The summed E-state index contributed by atoms with van der Waals surface area (Å²) < 4.78 is 11.0. The number of nitrogens with one attached hydrogen (secondary N) is 1. The van der Waals surface area contributed by atoms with Crippen molar-refractivity contribution in [2.24, 2.45) is 0 Å². The van der Waals surface area contributed by atoms with Gasteiger partial charge in [0.25, 0.3) is 0 Å². The van der Waals surface area contributed by atoms with Crippen LogP contribution in [0.25, 0.3) is 0 Å². The van der Waals surface area contributed by atoms with Gasteiger partial charge in [-0.2, -0.15) is 0 Å². The number of hydrogen-bond donors (Lipinski definition) is 6. The first-order valence-electron chi connectivity index (χ1n) is 18.7. The molecule has 0 bridgehead atoms. The predicted molar refractivity (Wildman–Crippen MR) is 180 cm³/mol. The van der Waals surface area contributed by atoms with Gasteiger partial charge >= 0.3 is 0 Å². The Morgan fingerprint density at radius 2 is 1.09 bits per heavy atom. The Labute approximate surface area is 274 Å². The Morgan fingerprint density at radius 3 is 1.49 bits per heavy atom. The first-order chi connectivity index (χ1) is 21.8. The van der Waals surface area contributed by atoms with Gasteiger partial charge in [0.2, 0.25) is 5.91 Å². The van der Waals surface area contributed by atoms with E-state index in [9.17, 15) is 30.3 Å². The van der Waals surface area contributed by atoms with E-state index in [1.807, 2.05) is 0 Å². The van der Waals surface area contributed by atoms with E-state index in [-0.39, 0.29) is 18.9 Å². The Bertz CT molecular complexity index is 681. The molecule has 1 amide bonds. The molecule has 7 unspecified atom stereocenters. The van der Waals surface area contributed by atoms with Gasteiger partial charge in [0.05, 0.1) is 25.4 Å². The number of aliphatic hydroxyl groups is 5. The molecule has 7 atom stereocenters. The first-order valence-corrected chi connectivity index (χ1v) is 18.7. The van der Waals surface area contributed by atoms with E-state index in [0.717, 1.165) is 19.3 Å². The van der Waals surface area contributed by atoms with Gasteiger partial charge in [-0.3, -0.25) is 4.79 Å². The summed E-state index contributed by atoms with van der Waals surface area (Å²) in [5, 5.41) is 53.0. The summed E-state index contributed by atoms with van der Waals surface area (Å²) in [7, 11) is 0. The topological polar surface area (TPSA) is 149 Å². The van der Waals surface area contributed by atoms with Crippen LogP contribution in [-0.2, 0) is 14.3 Å². The third-order valence-electron chi connectivity index (χ3n) is 9.27. The summed E-state index contributed by atoms with van der Waals surface area (Å²) in [5.41, 5.74) is 0. The summed E-state index contributed by atoms with van der Waals surface area (Å²) in [5.74, 6) is -0.231. The summed E-state index contributed by atoms with van der Waals surface area (Å²) in [6.07, 6.45) is 22.1. The lowest BCUT2D eigenvalue weighted by Gasteiger charge is -2.40. The lowest BCUT2D eigenvalue weighted by Crippen LogP contribution is -2.60. The van der Waals surface area contributed by atoms with E-state index < -0.39 is 49.5 Å². The standard InChI is InChI=1S/C36H71NO8/c1-3-5-6-7-8-9-10-11-12-13-14-15-16-17-18-19-20-21-22-23-24-25-26-30(39)29(37-32(40)4-2)28-44-36-35(43)34(42)33(41)31(27-38)45-36/h29-31,33-36,38-39,41-43H,3-28H2,1-2H3,(H,37,40). The molecule has 268 valence electrons. The lowest BCUT2D eigenvalue weighted by molar-refractivity contribution is -0.302. The lowest BCUT2D eigenvalue weighted by atomic mass is 9.99. The Kier molecular flexibility index (Phi) is 26.5.